The van der Waals surface area contributed by atoms with Gasteiger partial charge >= 0.3 is 23.9 Å². The van der Waals surface area contributed by atoms with Crippen LogP contribution in [0.1, 0.15) is 47.1 Å². The van der Waals surface area contributed by atoms with Crippen LogP contribution < -0.4 is 0 Å². The first kappa shape index (κ1) is 29.5. The molecular weight excluding hydrogens is 504 g/mol. The van der Waals surface area contributed by atoms with Gasteiger partial charge in [0.05, 0.1) is 6.61 Å². The van der Waals surface area contributed by atoms with Crippen molar-refractivity contribution >= 4 is 23.9 Å². The van der Waals surface area contributed by atoms with Gasteiger partial charge in [0.25, 0.3) is 0 Å². The molecule has 0 spiro atoms. The summed E-state index contributed by atoms with van der Waals surface area (Å²) in [6, 6.07) is 9.34. The fourth-order valence-corrected chi connectivity index (χ4v) is 4.39. The molecule has 3 rings (SSSR count). The van der Waals surface area contributed by atoms with E-state index in [2.05, 4.69) is 0 Å². The lowest BCUT2D eigenvalue weighted by Gasteiger charge is -2.36. The average Bonchev–Trinajstić information content (AvgIpc) is 3.29. The Morgan fingerprint density at radius 3 is 2.08 bits per heavy atom. The van der Waals surface area contributed by atoms with Crippen LogP contribution in [-0.2, 0) is 63.7 Å². The van der Waals surface area contributed by atoms with Gasteiger partial charge in [-0.25, -0.2) is 0 Å². The standard InChI is InChI=1S/C26H34O12/c1-14(27)31-13-19(33-15(2)28)20(34-16(3)29)22(35-17(4)30)23-21(32-12-18-10-8-7-9-11-18)24-25(36-23)38-26(5,6)37-24/h7-11,19-25H,12-13H2,1-6H3/t19-,20+,21+,22-,23+,24-,25-/m1/s1. The van der Waals surface area contributed by atoms with Gasteiger partial charge in [0, 0.05) is 27.7 Å². The third-order valence-corrected chi connectivity index (χ3v) is 5.70. The summed E-state index contributed by atoms with van der Waals surface area (Å²) in [7, 11) is 0. The van der Waals surface area contributed by atoms with Crippen LogP contribution in [0.25, 0.3) is 0 Å². The summed E-state index contributed by atoms with van der Waals surface area (Å²) in [4.78, 5) is 47.8. The van der Waals surface area contributed by atoms with Crippen LogP contribution in [0.4, 0.5) is 0 Å². The lowest BCUT2D eigenvalue weighted by atomic mass is 9.97. The Bertz CT molecular complexity index is 993. The van der Waals surface area contributed by atoms with Crippen LogP contribution in [0.2, 0.25) is 0 Å². The molecule has 12 nitrogen and oxygen atoms in total. The maximum Gasteiger partial charge on any atom is 0.303 e. The van der Waals surface area contributed by atoms with Crippen LogP contribution in [0.3, 0.4) is 0 Å². The fourth-order valence-electron chi connectivity index (χ4n) is 4.39. The number of fused-ring (bicyclic) bond motifs is 1. The van der Waals surface area contributed by atoms with Gasteiger partial charge in [-0.1, -0.05) is 30.3 Å². The monoisotopic (exact) mass is 538 g/mol. The molecule has 7 atom stereocenters. The molecule has 2 fully saturated rings. The van der Waals surface area contributed by atoms with Gasteiger partial charge < -0.3 is 37.9 Å². The molecule has 210 valence electrons. The molecular formula is C26H34O12. The van der Waals surface area contributed by atoms with Crippen molar-refractivity contribution in [1.82, 2.24) is 0 Å². The van der Waals surface area contributed by atoms with Crippen LogP contribution in [-0.4, -0.2) is 79.2 Å². The van der Waals surface area contributed by atoms with Crippen molar-refractivity contribution in [3.63, 3.8) is 0 Å². The molecule has 0 saturated carbocycles. The average molecular weight is 539 g/mol. The number of rotatable bonds is 11. The normalized spacial score (nSPS) is 25.9. The fraction of sp³-hybridized carbons (Fsp3) is 0.615. The number of hydrogen-bond acceptors (Lipinski definition) is 12. The van der Waals surface area contributed by atoms with Gasteiger partial charge in [0.1, 0.15) is 24.9 Å². The summed E-state index contributed by atoms with van der Waals surface area (Å²) in [5, 5.41) is 0. The summed E-state index contributed by atoms with van der Waals surface area (Å²) in [5.41, 5.74) is 0.862. The van der Waals surface area contributed by atoms with Crippen molar-refractivity contribution in [2.75, 3.05) is 6.61 Å². The van der Waals surface area contributed by atoms with Crippen molar-refractivity contribution in [2.24, 2.45) is 0 Å². The molecule has 2 aliphatic rings. The summed E-state index contributed by atoms with van der Waals surface area (Å²) in [6.07, 6.45) is -7.70. The molecule has 2 heterocycles. The minimum absolute atomic E-state index is 0.157. The van der Waals surface area contributed by atoms with Gasteiger partial charge in [0.15, 0.2) is 30.4 Å². The van der Waals surface area contributed by atoms with Gasteiger partial charge in [-0.15, -0.1) is 0 Å². The Hall–Kier alpha value is -3.06. The molecule has 1 aromatic rings. The first-order valence-corrected chi connectivity index (χ1v) is 12.2. The Morgan fingerprint density at radius 1 is 0.868 bits per heavy atom. The Morgan fingerprint density at radius 2 is 1.50 bits per heavy atom. The topological polar surface area (TPSA) is 142 Å². The highest BCUT2D eigenvalue weighted by Gasteiger charge is 2.60. The van der Waals surface area contributed by atoms with E-state index in [4.69, 9.17) is 37.9 Å². The molecule has 2 saturated heterocycles. The molecule has 0 unspecified atom stereocenters. The molecule has 12 heteroatoms. The van der Waals surface area contributed by atoms with E-state index in [1.54, 1.807) is 13.8 Å². The number of ether oxygens (including phenoxy) is 8. The lowest BCUT2D eigenvalue weighted by Crippen LogP contribution is -2.55. The van der Waals surface area contributed by atoms with Crippen LogP contribution >= 0.6 is 0 Å². The van der Waals surface area contributed by atoms with E-state index >= 15 is 0 Å². The van der Waals surface area contributed by atoms with E-state index in [1.807, 2.05) is 30.3 Å². The molecule has 38 heavy (non-hydrogen) atoms. The first-order valence-electron chi connectivity index (χ1n) is 12.2. The van der Waals surface area contributed by atoms with E-state index in [9.17, 15) is 19.2 Å². The number of carbonyl (C=O) groups excluding carboxylic acids is 4. The highest BCUT2D eigenvalue weighted by Crippen LogP contribution is 2.41. The number of esters is 4. The maximum absolute atomic E-state index is 12.2. The summed E-state index contributed by atoms with van der Waals surface area (Å²) >= 11 is 0. The van der Waals surface area contributed by atoms with Crippen LogP contribution in [0, 0.1) is 0 Å². The van der Waals surface area contributed by atoms with Crippen LogP contribution in [0.5, 0.6) is 0 Å². The summed E-state index contributed by atoms with van der Waals surface area (Å²) < 4.78 is 45.8. The largest absolute Gasteiger partial charge is 0.462 e. The molecule has 0 N–H and O–H groups in total. The lowest BCUT2D eigenvalue weighted by molar-refractivity contribution is -0.247. The zero-order valence-corrected chi connectivity index (χ0v) is 22.2. The molecule has 1 aromatic carbocycles. The SMILES string of the molecule is CC(=O)OC[C@@H](OC(C)=O)[C@H](OC(C)=O)[C@@H](OC(C)=O)[C@H]1O[C@@H]2OC(C)(C)O[C@@H]2[C@H]1OCc1ccccc1. The van der Waals surface area contributed by atoms with E-state index < -0.39 is 79.2 Å². The Balaban J connectivity index is 1.98. The molecule has 0 radical (unpaired) electrons. The number of hydrogen-bond donors (Lipinski definition) is 0. The van der Waals surface area contributed by atoms with Crippen molar-refractivity contribution in [3.05, 3.63) is 35.9 Å². The molecule has 0 aromatic heterocycles. The molecule has 0 amide bonds. The second-order valence-corrected chi connectivity index (χ2v) is 9.43. The summed E-state index contributed by atoms with van der Waals surface area (Å²) in [5.74, 6) is -3.87. The van der Waals surface area contributed by atoms with Gasteiger partial charge in [-0.3, -0.25) is 19.2 Å². The highest BCUT2D eigenvalue weighted by molar-refractivity contribution is 5.68. The molecule has 0 aliphatic carbocycles. The van der Waals surface area contributed by atoms with Gasteiger partial charge in [0.2, 0.25) is 0 Å². The van der Waals surface area contributed by atoms with E-state index in [0.29, 0.717) is 0 Å². The second-order valence-electron chi connectivity index (χ2n) is 9.43. The number of benzene rings is 1. The smallest absolute Gasteiger partial charge is 0.303 e. The molecule has 2 aliphatic heterocycles. The summed E-state index contributed by atoms with van der Waals surface area (Å²) in [6.45, 7) is 7.73. The van der Waals surface area contributed by atoms with Crippen molar-refractivity contribution in [1.29, 1.82) is 0 Å². The van der Waals surface area contributed by atoms with Crippen LogP contribution in [0.15, 0.2) is 30.3 Å². The maximum atomic E-state index is 12.2. The van der Waals surface area contributed by atoms with Gasteiger partial charge in [-0.2, -0.15) is 0 Å². The van der Waals surface area contributed by atoms with E-state index in [0.717, 1.165) is 26.3 Å². The third-order valence-electron chi connectivity index (χ3n) is 5.70. The first-order chi connectivity index (χ1) is 17.9. The minimum Gasteiger partial charge on any atom is -0.462 e. The number of carbonyl (C=O) groups is 4. The quantitative estimate of drug-likeness (QED) is 0.299. The predicted molar refractivity (Wildman–Crippen MR) is 127 cm³/mol. The van der Waals surface area contributed by atoms with Crippen molar-refractivity contribution in [3.8, 4) is 0 Å². The molecule has 0 bridgehead atoms. The predicted octanol–water partition coefficient (Wildman–Crippen LogP) is 1.81. The Labute approximate surface area is 220 Å². The van der Waals surface area contributed by atoms with E-state index in [1.165, 1.54) is 6.92 Å². The zero-order valence-electron chi connectivity index (χ0n) is 22.2. The zero-order chi connectivity index (χ0) is 28.0. The Kier molecular flexibility index (Phi) is 9.82. The second kappa shape index (κ2) is 12.7. The van der Waals surface area contributed by atoms with Gasteiger partial charge in [-0.05, 0) is 19.4 Å². The van der Waals surface area contributed by atoms with E-state index in [-0.39, 0.29) is 6.61 Å². The third kappa shape index (κ3) is 7.97. The van der Waals surface area contributed by atoms with Crippen molar-refractivity contribution in [2.45, 2.75) is 96.9 Å². The minimum atomic E-state index is -1.43. The van der Waals surface area contributed by atoms with Crippen molar-refractivity contribution < 1.29 is 57.1 Å². The highest BCUT2D eigenvalue weighted by atomic mass is 16.8.